The molecule has 2 aromatic carbocycles. The SMILES string of the molecule is CSc1cccc(C(=O)N=c2sc3cc(C)cc(C)c3n2C)c1. The predicted molar refractivity (Wildman–Crippen MR) is 98.4 cm³/mol. The number of aromatic nitrogens is 1. The molecule has 0 spiro atoms. The molecule has 0 unspecified atom stereocenters. The maximum absolute atomic E-state index is 12.5. The van der Waals surface area contributed by atoms with Crippen LogP contribution in [0.1, 0.15) is 21.5 Å². The Bertz CT molecular complexity index is 967. The quantitative estimate of drug-likeness (QED) is 0.650. The Morgan fingerprint density at radius 3 is 2.74 bits per heavy atom. The molecule has 0 aliphatic rings. The molecule has 0 bridgehead atoms. The third-order valence-corrected chi connectivity index (χ3v) is 5.55. The number of rotatable bonds is 2. The summed E-state index contributed by atoms with van der Waals surface area (Å²) in [6.07, 6.45) is 2.00. The Hall–Kier alpha value is -1.85. The van der Waals surface area contributed by atoms with Crippen molar-refractivity contribution < 1.29 is 4.79 Å². The lowest BCUT2D eigenvalue weighted by atomic mass is 10.1. The number of thiazole rings is 1. The molecule has 5 heteroatoms. The van der Waals surface area contributed by atoms with Gasteiger partial charge in [-0.25, -0.2) is 0 Å². The van der Waals surface area contributed by atoms with Crippen molar-refractivity contribution in [2.75, 3.05) is 6.26 Å². The summed E-state index contributed by atoms with van der Waals surface area (Å²) in [6.45, 7) is 4.18. The lowest BCUT2D eigenvalue weighted by molar-refractivity contribution is 0.0997. The van der Waals surface area contributed by atoms with E-state index in [1.165, 1.54) is 11.1 Å². The van der Waals surface area contributed by atoms with Gasteiger partial charge in [-0.1, -0.05) is 23.5 Å². The van der Waals surface area contributed by atoms with E-state index in [1.807, 2.05) is 42.1 Å². The molecule has 0 fully saturated rings. The van der Waals surface area contributed by atoms with E-state index in [0.29, 0.717) is 5.56 Å². The molecule has 1 heterocycles. The molecule has 0 radical (unpaired) electrons. The van der Waals surface area contributed by atoms with Crippen molar-refractivity contribution in [1.29, 1.82) is 0 Å². The number of benzene rings is 2. The second kappa shape index (κ2) is 6.34. The molecule has 23 heavy (non-hydrogen) atoms. The largest absolute Gasteiger partial charge is 0.319 e. The zero-order valence-corrected chi connectivity index (χ0v) is 15.2. The van der Waals surface area contributed by atoms with E-state index >= 15 is 0 Å². The molecule has 0 aliphatic carbocycles. The Morgan fingerprint density at radius 1 is 1.22 bits per heavy atom. The Kier molecular flexibility index (Phi) is 4.41. The fourth-order valence-electron chi connectivity index (χ4n) is 2.70. The normalized spacial score (nSPS) is 12.1. The number of amides is 1. The summed E-state index contributed by atoms with van der Waals surface area (Å²) in [5.41, 5.74) is 4.20. The summed E-state index contributed by atoms with van der Waals surface area (Å²) >= 11 is 3.18. The van der Waals surface area contributed by atoms with Gasteiger partial charge < -0.3 is 4.57 Å². The third kappa shape index (κ3) is 3.12. The van der Waals surface area contributed by atoms with Crippen LogP contribution in [0.15, 0.2) is 46.3 Å². The first kappa shape index (κ1) is 16.0. The zero-order chi connectivity index (χ0) is 16.6. The molecule has 118 valence electrons. The van der Waals surface area contributed by atoms with Gasteiger partial charge in [-0.15, -0.1) is 11.8 Å². The van der Waals surface area contributed by atoms with Crippen LogP contribution in [0.2, 0.25) is 0 Å². The van der Waals surface area contributed by atoms with Gasteiger partial charge in [-0.2, -0.15) is 4.99 Å². The third-order valence-electron chi connectivity index (χ3n) is 3.75. The van der Waals surface area contributed by atoms with Crippen molar-refractivity contribution in [3.05, 3.63) is 57.9 Å². The number of hydrogen-bond donors (Lipinski definition) is 0. The minimum atomic E-state index is -0.197. The molecule has 0 saturated heterocycles. The van der Waals surface area contributed by atoms with Crippen LogP contribution in [-0.2, 0) is 7.05 Å². The first-order chi connectivity index (χ1) is 11.0. The Morgan fingerprint density at radius 2 is 2.00 bits per heavy atom. The maximum atomic E-state index is 12.5. The van der Waals surface area contributed by atoms with Crippen molar-refractivity contribution in [1.82, 2.24) is 4.57 Å². The van der Waals surface area contributed by atoms with E-state index in [2.05, 4.69) is 31.0 Å². The number of hydrogen-bond acceptors (Lipinski definition) is 3. The van der Waals surface area contributed by atoms with Crippen molar-refractivity contribution in [3.8, 4) is 0 Å². The van der Waals surface area contributed by atoms with Gasteiger partial charge in [0.05, 0.1) is 10.2 Å². The van der Waals surface area contributed by atoms with E-state index in [9.17, 15) is 4.79 Å². The van der Waals surface area contributed by atoms with Crippen LogP contribution in [0.4, 0.5) is 0 Å². The van der Waals surface area contributed by atoms with Crippen LogP contribution in [0.5, 0.6) is 0 Å². The molecule has 1 amide bonds. The van der Waals surface area contributed by atoms with Gasteiger partial charge in [-0.05, 0) is 55.5 Å². The number of thioether (sulfide) groups is 1. The average Bonchev–Trinajstić information content (AvgIpc) is 2.83. The van der Waals surface area contributed by atoms with Gasteiger partial charge in [0, 0.05) is 17.5 Å². The lowest BCUT2D eigenvalue weighted by Gasteiger charge is -2.02. The Balaban J connectivity index is 2.12. The standard InChI is InChI=1S/C18H18N2OS2/c1-11-8-12(2)16-15(9-11)23-18(20(16)3)19-17(21)13-6-5-7-14(10-13)22-4/h5-10H,1-4H3. The van der Waals surface area contributed by atoms with Crippen LogP contribution in [0, 0.1) is 13.8 Å². The summed E-state index contributed by atoms with van der Waals surface area (Å²) < 4.78 is 3.17. The van der Waals surface area contributed by atoms with Gasteiger partial charge in [0.25, 0.3) is 5.91 Å². The first-order valence-corrected chi connectivity index (χ1v) is 9.33. The number of carbonyl (C=O) groups is 1. The summed E-state index contributed by atoms with van der Waals surface area (Å²) in [5.74, 6) is -0.197. The highest BCUT2D eigenvalue weighted by molar-refractivity contribution is 7.98. The summed E-state index contributed by atoms with van der Waals surface area (Å²) in [4.78, 5) is 18.6. The predicted octanol–water partition coefficient (Wildman–Crippen LogP) is 4.32. The number of carbonyl (C=O) groups excluding carboxylic acids is 1. The van der Waals surface area contributed by atoms with Crippen molar-refractivity contribution in [2.24, 2.45) is 12.0 Å². The average molecular weight is 342 g/mol. The number of aryl methyl sites for hydroxylation is 3. The molecule has 3 aromatic rings. The van der Waals surface area contributed by atoms with Gasteiger partial charge in [0.2, 0.25) is 0 Å². The monoisotopic (exact) mass is 342 g/mol. The molecular formula is C18H18N2OS2. The molecule has 3 nitrogen and oxygen atoms in total. The molecular weight excluding hydrogens is 324 g/mol. The minimum absolute atomic E-state index is 0.197. The highest BCUT2D eigenvalue weighted by atomic mass is 32.2. The van der Waals surface area contributed by atoms with Crippen molar-refractivity contribution in [2.45, 2.75) is 18.7 Å². The fourth-order valence-corrected chi connectivity index (χ4v) is 4.35. The number of fused-ring (bicyclic) bond motifs is 1. The number of nitrogens with zero attached hydrogens (tertiary/aromatic N) is 2. The van der Waals surface area contributed by atoms with E-state index in [0.717, 1.165) is 19.9 Å². The topological polar surface area (TPSA) is 34.4 Å². The summed E-state index contributed by atoms with van der Waals surface area (Å²) in [6, 6.07) is 11.9. The second-order valence-corrected chi connectivity index (χ2v) is 7.41. The first-order valence-electron chi connectivity index (χ1n) is 7.29. The highest BCUT2D eigenvalue weighted by Gasteiger charge is 2.09. The lowest BCUT2D eigenvalue weighted by Crippen LogP contribution is -2.13. The maximum Gasteiger partial charge on any atom is 0.279 e. The zero-order valence-electron chi connectivity index (χ0n) is 13.6. The smallest absolute Gasteiger partial charge is 0.279 e. The van der Waals surface area contributed by atoms with Crippen LogP contribution in [0.25, 0.3) is 10.2 Å². The Labute approximate surface area is 143 Å². The van der Waals surface area contributed by atoms with Gasteiger partial charge in [0.15, 0.2) is 4.80 Å². The van der Waals surface area contributed by atoms with Crippen molar-refractivity contribution in [3.63, 3.8) is 0 Å². The molecule has 0 atom stereocenters. The highest BCUT2D eigenvalue weighted by Crippen LogP contribution is 2.22. The summed E-state index contributed by atoms with van der Waals surface area (Å²) in [5, 5.41) is 0. The molecule has 0 N–H and O–H groups in total. The fraction of sp³-hybridized carbons (Fsp3) is 0.222. The summed E-state index contributed by atoms with van der Waals surface area (Å²) in [7, 11) is 1.96. The minimum Gasteiger partial charge on any atom is -0.319 e. The van der Waals surface area contributed by atoms with Crippen LogP contribution >= 0.6 is 23.1 Å². The van der Waals surface area contributed by atoms with E-state index in [4.69, 9.17) is 0 Å². The molecule has 1 aromatic heterocycles. The van der Waals surface area contributed by atoms with Crippen molar-refractivity contribution >= 4 is 39.2 Å². The van der Waals surface area contributed by atoms with Crippen LogP contribution in [0.3, 0.4) is 0 Å². The van der Waals surface area contributed by atoms with Crippen LogP contribution in [-0.4, -0.2) is 16.7 Å². The van der Waals surface area contributed by atoms with Crippen LogP contribution < -0.4 is 4.80 Å². The van der Waals surface area contributed by atoms with E-state index in [-0.39, 0.29) is 5.91 Å². The van der Waals surface area contributed by atoms with E-state index < -0.39 is 0 Å². The van der Waals surface area contributed by atoms with E-state index in [1.54, 1.807) is 23.1 Å². The molecule has 0 saturated carbocycles. The van der Waals surface area contributed by atoms with Gasteiger partial charge in [-0.3, -0.25) is 4.79 Å². The van der Waals surface area contributed by atoms with Gasteiger partial charge >= 0.3 is 0 Å². The molecule has 3 rings (SSSR count). The van der Waals surface area contributed by atoms with Gasteiger partial charge in [0.1, 0.15) is 0 Å². The second-order valence-electron chi connectivity index (χ2n) is 5.52. The molecule has 0 aliphatic heterocycles.